The molecule has 2 aromatic carbocycles. The predicted molar refractivity (Wildman–Crippen MR) is 116 cm³/mol. The highest BCUT2D eigenvalue weighted by Gasteiger charge is 2.29. The molecule has 168 valence electrons. The highest BCUT2D eigenvalue weighted by Crippen LogP contribution is 2.32. The van der Waals surface area contributed by atoms with Gasteiger partial charge in [-0.15, -0.1) is 0 Å². The molecule has 0 aliphatic rings. The Morgan fingerprint density at radius 3 is 2.29 bits per heavy atom. The summed E-state index contributed by atoms with van der Waals surface area (Å²) >= 11 is 0. The third kappa shape index (κ3) is 5.97. The molecule has 8 nitrogen and oxygen atoms in total. The molecule has 0 saturated carbocycles. The number of hydrogen-bond acceptors (Lipinski definition) is 7. The average Bonchev–Trinajstić information content (AvgIpc) is 2.76. The van der Waals surface area contributed by atoms with E-state index in [1.54, 1.807) is 25.1 Å². The third-order valence-electron chi connectivity index (χ3n) is 4.54. The van der Waals surface area contributed by atoms with Gasteiger partial charge >= 0.3 is 11.9 Å². The fraction of sp³-hybridized carbons (Fsp3) is 0.364. The maximum absolute atomic E-state index is 13.5. The van der Waals surface area contributed by atoms with Gasteiger partial charge in [-0.1, -0.05) is 17.7 Å². The van der Waals surface area contributed by atoms with Gasteiger partial charge in [0.2, 0.25) is 0 Å². The smallest absolute Gasteiger partial charge is 0.340 e. The highest BCUT2D eigenvalue weighted by atomic mass is 32.2. The maximum atomic E-state index is 13.5. The summed E-state index contributed by atoms with van der Waals surface area (Å²) in [7, 11) is -1.39. The summed E-state index contributed by atoms with van der Waals surface area (Å²) in [5.74, 6) is -0.738. The van der Waals surface area contributed by atoms with Gasteiger partial charge in [0.15, 0.2) is 0 Å². The number of sulfonamides is 1. The molecule has 0 unspecified atom stereocenters. The lowest BCUT2D eigenvalue weighted by molar-refractivity contribution is -0.143. The molecular weight excluding hydrogens is 422 g/mol. The molecule has 2 rings (SSSR count). The van der Waals surface area contributed by atoms with Gasteiger partial charge < -0.3 is 14.2 Å². The van der Waals surface area contributed by atoms with Gasteiger partial charge in [0.05, 0.1) is 37.0 Å². The van der Waals surface area contributed by atoms with Crippen LogP contribution in [-0.4, -0.2) is 47.7 Å². The van der Waals surface area contributed by atoms with Crippen LogP contribution in [0.1, 0.15) is 35.7 Å². The summed E-state index contributed by atoms with van der Waals surface area (Å²) < 4.78 is 43.1. The molecule has 0 aliphatic heterocycles. The van der Waals surface area contributed by atoms with Crippen LogP contribution in [0.2, 0.25) is 0 Å². The highest BCUT2D eigenvalue weighted by molar-refractivity contribution is 7.92. The normalized spacial score (nSPS) is 11.0. The molecule has 0 bridgehead atoms. The Hall–Kier alpha value is -3.07. The van der Waals surface area contributed by atoms with Crippen molar-refractivity contribution in [3.8, 4) is 5.75 Å². The number of benzene rings is 2. The van der Waals surface area contributed by atoms with Gasteiger partial charge in [-0.2, -0.15) is 0 Å². The van der Waals surface area contributed by atoms with Crippen LogP contribution in [-0.2, 0) is 24.3 Å². The number of aryl methyl sites for hydroxylation is 1. The van der Waals surface area contributed by atoms with Crippen molar-refractivity contribution in [1.82, 2.24) is 0 Å². The quantitative estimate of drug-likeness (QED) is 0.513. The summed E-state index contributed by atoms with van der Waals surface area (Å²) in [6, 6.07) is 10.8. The lowest BCUT2D eigenvalue weighted by Crippen LogP contribution is -2.34. The first-order valence-electron chi connectivity index (χ1n) is 9.76. The number of methoxy groups -OCH3 is 2. The number of anilines is 1. The van der Waals surface area contributed by atoms with Crippen LogP contribution in [0.3, 0.4) is 0 Å². The number of hydrogen-bond donors (Lipinski definition) is 0. The Balaban J connectivity index is 2.55. The van der Waals surface area contributed by atoms with Crippen LogP contribution >= 0.6 is 0 Å². The molecule has 0 radical (unpaired) electrons. The van der Waals surface area contributed by atoms with Gasteiger partial charge in [0.1, 0.15) is 5.75 Å². The second-order valence-corrected chi connectivity index (χ2v) is 8.54. The summed E-state index contributed by atoms with van der Waals surface area (Å²) in [4.78, 5) is 24.2. The summed E-state index contributed by atoms with van der Waals surface area (Å²) in [5, 5.41) is 0. The zero-order chi connectivity index (χ0) is 23.0. The number of carbonyl (C=O) groups is 2. The van der Waals surface area contributed by atoms with Crippen LogP contribution in [0.25, 0.3) is 0 Å². The van der Waals surface area contributed by atoms with Crippen molar-refractivity contribution < 1.29 is 32.2 Å². The van der Waals surface area contributed by atoms with Crippen LogP contribution in [0.15, 0.2) is 47.4 Å². The van der Waals surface area contributed by atoms with E-state index in [0.29, 0.717) is 5.75 Å². The first-order chi connectivity index (χ1) is 14.7. The SMILES string of the molecule is CCOC(=O)CCCN(c1cc(OC)ccc1C(=O)OC)S(=O)(=O)c1ccc(C)cc1. The number of nitrogens with zero attached hydrogens (tertiary/aromatic N) is 1. The van der Waals surface area contributed by atoms with E-state index in [9.17, 15) is 18.0 Å². The minimum absolute atomic E-state index is 0.0330. The topological polar surface area (TPSA) is 99.2 Å². The van der Waals surface area contributed by atoms with E-state index in [1.165, 1.54) is 38.5 Å². The average molecular weight is 450 g/mol. The van der Waals surface area contributed by atoms with Gasteiger partial charge in [-0.05, 0) is 44.5 Å². The van der Waals surface area contributed by atoms with Gasteiger partial charge in [-0.3, -0.25) is 9.10 Å². The van der Waals surface area contributed by atoms with E-state index in [4.69, 9.17) is 14.2 Å². The van der Waals surface area contributed by atoms with E-state index in [-0.39, 0.29) is 42.1 Å². The van der Waals surface area contributed by atoms with Crippen molar-refractivity contribution in [3.63, 3.8) is 0 Å². The first kappa shape index (κ1) is 24.2. The van der Waals surface area contributed by atoms with Crippen LogP contribution in [0, 0.1) is 6.92 Å². The van der Waals surface area contributed by atoms with Crippen LogP contribution in [0.4, 0.5) is 5.69 Å². The molecule has 0 amide bonds. The molecule has 0 saturated heterocycles. The van der Waals surface area contributed by atoms with Crippen molar-refractivity contribution >= 4 is 27.6 Å². The minimum Gasteiger partial charge on any atom is -0.497 e. The molecule has 0 aliphatic carbocycles. The monoisotopic (exact) mass is 449 g/mol. The Bertz CT molecular complexity index is 1020. The van der Waals surface area contributed by atoms with E-state index < -0.39 is 22.0 Å². The third-order valence-corrected chi connectivity index (χ3v) is 6.36. The van der Waals surface area contributed by atoms with Crippen molar-refractivity contribution in [1.29, 1.82) is 0 Å². The fourth-order valence-electron chi connectivity index (χ4n) is 2.94. The lowest BCUT2D eigenvalue weighted by Gasteiger charge is -2.26. The molecule has 0 spiro atoms. The van der Waals surface area contributed by atoms with Crippen molar-refractivity contribution in [2.75, 3.05) is 31.7 Å². The van der Waals surface area contributed by atoms with Crippen molar-refractivity contribution in [2.45, 2.75) is 31.6 Å². The molecule has 0 fully saturated rings. The number of esters is 2. The lowest BCUT2D eigenvalue weighted by atomic mass is 10.1. The Morgan fingerprint density at radius 2 is 1.71 bits per heavy atom. The molecule has 0 N–H and O–H groups in total. The van der Waals surface area contributed by atoms with Crippen molar-refractivity contribution in [3.05, 3.63) is 53.6 Å². The van der Waals surface area contributed by atoms with E-state index in [2.05, 4.69) is 0 Å². The van der Waals surface area contributed by atoms with E-state index in [0.717, 1.165) is 9.87 Å². The summed E-state index contributed by atoms with van der Waals surface area (Å²) in [5.41, 5.74) is 1.08. The molecule has 0 atom stereocenters. The Kier molecular flexibility index (Phi) is 8.44. The Morgan fingerprint density at radius 1 is 1.03 bits per heavy atom. The second-order valence-electron chi connectivity index (χ2n) is 6.67. The van der Waals surface area contributed by atoms with Crippen molar-refractivity contribution in [2.24, 2.45) is 0 Å². The zero-order valence-corrected chi connectivity index (χ0v) is 18.9. The Labute approximate surface area is 182 Å². The van der Waals surface area contributed by atoms with Crippen LogP contribution < -0.4 is 9.04 Å². The van der Waals surface area contributed by atoms with E-state index >= 15 is 0 Å². The molecule has 31 heavy (non-hydrogen) atoms. The minimum atomic E-state index is -4.05. The molecule has 9 heteroatoms. The molecule has 2 aromatic rings. The van der Waals surface area contributed by atoms with Gasteiger partial charge in [-0.25, -0.2) is 13.2 Å². The first-order valence-corrected chi connectivity index (χ1v) is 11.2. The number of rotatable bonds is 10. The second kappa shape index (κ2) is 10.8. The zero-order valence-electron chi connectivity index (χ0n) is 18.1. The van der Waals surface area contributed by atoms with Gasteiger partial charge in [0.25, 0.3) is 10.0 Å². The number of carbonyl (C=O) groups excluding carboxylic acids is 2. The van der Waals surface area contributed by atoms with Crippen LogP contribution in [0.5, 0.6) is 5.75 Å². The maximum Gasteiger partial charge on any atom is 0.340 e. The predicted octanol–water partition coefficient (Wildman–Crippen LogP) is 3.33. The molecule has 0 heterocycles. The fourth-order valence-corrected chi connectivity index (χ4v) is 4.45. The summed E-state index contributed by atoms with van der Waals surface area (Å²) in [6.45, 7) is 3.74. The molecular formula is C22H27NO7S. The largest absolute Gasteiger partial charge is 0.497 e. The summed E-state index contributed by atoms with van der Waals surface area (Å²) in [6.07, 6.45) is 0.229. The number of ether oxygens (including phenoxy) is 3. The van der Waals surface area contributed by atoms with Gasteiger partial charge in [0, 0.05) is 19.0 Å². The van der Waals surface area contributed by atoms with E-state index in [1.807, 2.05) is 6.92 Å². The standard InChI is InChI=1S/C22H27NO7S/c1-5-30-21(24)7-6-14-23(31(26,27)18-11-8-16(2)9-12-18)20-15-17(28-3)10-13-19(20)22(25)29-4/h8-13,15H,5-7,14H2,1-4H3. The molecule has 0 aromatic heterocycles.